The Morgan fingerprint density at radius 3 is 2.68 bits per heavy atom. The molecule has 1 aromatic heterocycles. The smallest absolute Gasteiger partial charge is 0.333 e. The Morgan fingerprint density at radius 1 is 1.11 bits per heavy atom. The number of aryl methyl sites for hydroxylation is 2. The number of ether oxygens (including phenoxy) is 5. The highest BCUT2D eigenvalue weighted by molar-refractivity contribution is 7.99. The van der Waals surface area contributed by atoms with Crippen molar-refractivity contribution < 1.29 is 38.4 Å². The van der Waals surface area contributed by atoms with E-state index < -0.39 is 46.9 Å². The van der Waals surface area contributed by atoms with Crippen LogP contribution in [-0.2, 0) is 32.7 Å². The van der Waals surface area contributed by atoms with Crippen molar-refractivity contribution >= 4 is 34.6 Å². The van der Waals surface area contributed by atoms with Gasteiger partial charge >= 0.3 is 11.9 Å². The maximum absolute atomic E-state index is 14.9. The van der Waals surface area contributed by atoms with E-state index in [-0.39, 0.29) is 30.9 Å². The summed E-state index contributed by atoms with van der Waals surface area (Å²) in [4.78, 5) is 36.0. The van der Waals surface area contributed by atoms with E-state index >= 15 is 0 Å². The highest BCUT2D eigenvalue weighted by Gasteiger charge is 2.62. The molecule has 0 saturated carbocycles. The molecule has 4 bridgehead atoms. The number of fused-ring (bicyclic) bond motifs is 11. The van der Waals surface area contributed by atoms with Gasteiger partial charge in [-0.15, -0.1) is 11.8 Å². The van der Waals surface area contributed by atoms with Crippen LogP contribution in [0.4, 0.5) is 0 Å². The number of H-pyrrole nitrogens is 1. The van der Waals surface area contributed by atoms with Crippen molar-refractivity contribution in [2.24, 2.45) is 0 Å². The summed E-state index contributed by atoms with van der Waals surface area (Å²) in [7, 11) is 3.58. The molecule has 3 N–H and O–H groups in total. The number of phenolic OH excluding ortho intramolecular Hbond substituents is 1. The minimum absolute atomic E-state index is 0.0362. The van der Waals surface area contributed by atoms with E-state index in [0.717, 1.165) is 56.4 Å². The number of nitriles is 1. The van der Waals surface area contributed by atoms with E-state index in [2.05, 4.69) is 51.3 Å². The number of thioether (sulfide) groups is 1. The van der Waals surface area contributed by atoms with Gasteiger partial charge in [0.05, 0.1) is 36.2 Å². The number of hydrogen-bond donors (Lipinski definition) is 3. The van der Waals surface area contributed by atoms with Crippen molar-refractivity contribution in [1.29, 1.82) is 5.26 Å². The zero-order valence-electron chi connectivity index (χ0n) is 32.1. The molecule has 56 heavy (non-hydrogen) atoms. The van der Waals surface area contributed by atoms with E-state index in [1.165, 1.54) is 6.92 Å². The molecule has 7 atom stereocenters. The summed E-state index contributed by atoms with van der Waals surface area (Å²) in [5.74, 6) is 1.15. The number of carbonyl (C=O) groups excluding carboxylic acids is 2. The fraction of sp³-hybridized carbons (Fsp3) is 0.452. The second-order valence-corrected chi connectivity index (χ2v) is 17.0. The number of para-hydroxylation sites is 1. The zero-order valence-corrected chi connectivity index (χ0v) is 32.9. The molecule has 2 fully saturated rings. The number of nitrogens with zero attached hydrogens (tertiary/aromatic N) is 3. The van der Waals surface area contributed by atoms with Crippen LogP contribution < -0.4 is 24.3 Å². The number of methoxy groups -OCH3 is 1. The normalized spacial score (nSPS) is 28.8. The summed E-state index contributed by atoms with van der Waals surface area (Å²) in [5, 5.41) is 27.5. The molecule has 0 amide bonds. The summed E-state index contributed by atoms with van der Waals surface area (Å²) in [6.45, 7) is 7.63. The van der Waals surface area contributed by atoms with Gasteiger partial charge in [-0.05, 0) is 62.9 Å². The quantitative estimate of drug-likeness (QED) is 0.183. The number of aromatic amines is 1. The third-order valence-corrected chi connectivity index (χ3v) is 14.6. The fourth-order valence-electron chi connectivity index (χ4n) is 10.8. The summed E-state index contributed by atoms with van der Waals surface area (Å²) in [6.07, 6.45) is 1.25. The van der Waals surface area contributed by atoms with Crippen molar-refractivity contribution in [2.45, 2.75) is 81.5 Å². The standard InChI is InChI=1S/C42H43N5O8S/c1-18-8-7-9-23-24-10-11-44-42(40(24)45-31(18)23)16-56-39-30-29(38-37(53-17-54-38)20(3)36(30)55-21(4)48)27(15-52-41(42)50)47-26(14-43)25-13-22-12-19(2)35(51-6)34(49)28(22)32(33(39)47)46(25)5/h7-9,12,25-27,32-33,39,44-45,49H,10-11,13,15-17H2,1-6H3/t25-,26-,27-,32-,33?,39+,42+/m0/s1. The summed E-state index contributed by atoms with van der Waals surface area (Å²) < 4.78 is 30.8. The first kappa shape index (κ1) is 35.5. The second-order valence-electron chi connectivity index (χ2n) is 15.9. The molecule has 290 valence electrons. The van der Waals surface area contributed by atoms with Crippen LogP contribution in [0.15, 0.2) is 24.3 Å². The second kappa shape index (κ2) is 12.5. The fourth-order valence-corrected chi connectivity index (χ4v) is 12.5. The van der Waals surface area contributed by atoms with Gasteiger partial charge in [0.25, 0.3) is 0 Å². The lowest BCUT2D eigenvalue weighted by atomic mass is 9.71. The molecule has 11 rings (SSSR count). The minimum Gasteiger partial charge on any atom is -0.504 e. The molecule has 0 aliphatic carbocycles. The first-order valence-corrected chi connectivity index (χ1v) is 20.1. The van der Waals surface area contributed by atoms with Crippen LogP contribution in [0.1, 0.15) is 74.5 Å². The van der Waals surface area contributed by atoms with Gasteiger partial charge in [-0.25, -0.2) is 4.79 Å². The topological polar surface area (TPSA) is 159 Å². The van der Waals surface area contributed by atoms with Crippen molar-refractivity contribution in [2.75, 3.05) is 39.9 Å². The van der Waals surface area contributed by atoms with Gasteiger partial charge in [0, 0.05) is 64.5 Å². The summed E-state index contributed by atoms with van der Waals surface area (Å²) in [6, 6.07) is 8.39. The molecule has 14 heteroatoms. The minimum atomic E-state index is -1.25. The van der Waals surface area contributed by atoms with E-state index in [1.54, 1.807) is 18.9 Å². The number of phenols is 1. The Labute approximate surface area is 328 Å². The highest BCUT2D eigenvalue weighted by atomic mass is 32.2. The SMILES string of the molecule is COc1c(C)cc2c(c1O)[C@H]1C3[C@@H]4SC[C@]5(NCCc6c5[nH]c5c(C)cccc65)C(=O)OC[C@@H](c5c6c(c(C)c(OC(C)=O)c54)OCO6)N3[C@@H](C#N)[C@H](C2)N1C. The first-order valence-electron chi connectivity index (χ1n) is 19.1. The Hall–Kier alpha value is -4.94. The first-order chi connectivity index (χ1) is 27.0. The Morgan fingerprint density at radius 2 is 1.91 bits per heavy atom. The lowest BCUT2D eigenvalue weighted by Gasteiger charge is -2.62. The molecule has 2 saturated heterocycles. The molecule has 1 spiro atoms. The van der Waals surface area contributed by atoms with E-state index in [0.29, 0.717) is 47.1 Å². The molecular formula is C42H43N5O8S. The third-order valence-electron chi connectivity index (χ3n) is 13.1. The van der Waals surface area contributed by atoms with Gasteiger partial charge in [-0.3, -0.25) is 19.9 Å². The van der Waals surface area contributed by atoms with Crippen LogP contribution in [-0.4, -0.2) is 89.8 Å². The van der Waals surface area contributed by atoms with Crippen molar-refractivity contribution in [1.82, 2.24) is 20.1 Å². The Bertz CT molecular complexity index is 2440. The van der Waals surface area contributed by atoms with Gasteiger partial charge in [0.15, 0.2) is 28.5 Å². The molecule has 0 radical (unpaired) electrons. The highest BCUT2D eigenvalue weighted by Crippen LogP contribution is 2.64. The lowest BCUT2D eigenvalue weighted by Crippen LogP contribution is -2.69. The molecule has 1 unspecified atom stereocenters. The van der Waals surface area contributed by atoms with Crippen molar-refractivity contribution in [3.05, 3.63) is 74.5 Å². The molecule has 3 aromatic carbocycles. The average Bonchev–Trinajstić information content (AvgIpc) is 3.82. The number of hydrogen-bond acceptors (Lipinski definition) is 13. The average molecular weight is 778 g/mol. The largest absolute Gasteiger partial charge is 0.504 e. The van der Waals surface area contributed by atoms with Crippen LogP contribution >= 0.6 is 11.8 Å². The van der Waals surface area contributed by atoms with E-state index in [1.807, 2.05) is 27.0 Å². The van der Waals surface area contributed by atoms with Gasteiger partial charge < -0.3 is 33.8 Å². The number of benzene rings is 3. The molecule has 13 nitrogen and oxygen atoms in total. The maximum Gasteiger partial charge on any atom is 0.333 e. The van der Waals surface area contributed by atoms with E-state index in [4.69, 9.17) is 23.7 Å². The van der Waals surface area contributed by atoms with Gasteiger partial charge in [0.2, 0.25) is 6.79 Å². The van der Waals surface area contributed by atoms with Crippen molar-refractivity contribution in [3.8, 4) is 34.8 Å². The Kier molecular flexibility index (Phi) is 7.94. The van der Waals surface area contributed by atoms with Crippen LogP contribution in [0.25, 0.3) is 10.9 Å². The third kappa shape index (κ3) is 4.59. The Balaban J connectivity index is 1.25. The monoisotopic (exact) mass is 777 g/mol. The predicted octanol–water partition coefficient (Wildman–Crippen LogP) is 5.06. The number of likely N-dealkylation sites (N-methyl/N-ethyl adjacent to an activating group) is 1. The number of piperazine rings is 1. The van der Waals surface area contributed by atoms with Crippen molar-refractivity contribution in [3.63, 3.8) is 0 Å². The van der Waals surface area contributed by atoms with Gasteiger partial charge in [-0.1, -0.05) is 24.3 Å². The van der Waals surface area contributed by atoms with Crippen LogP contribution in [0, 0.1) is 32.1 Å². The molecule has 7 aliphatic rings. The molecule has 7 aliphatic heterocycles. The van der Waals surface area contributed by atoms with Crippen LogP contribution in [0.3, 0.4) is 0 Å². The lowest BCUT2D eigenvalue weighted by molar-refractivity contribution is -0.157. The zero-order chi connectivity index (χ0) is 38.9. The van der Waals surface area contributed by atoms with Gasteiger partial charge in [-0.2, -0.15) is 5.26 Å². The number of nitrogens with one attached hydrogen (secondary N) is 2. The number of carbonyl (C=O) groups is 2. The number of rotatable bonds is 2. The summed E-state index contributed by atoms with van der Waals surface area (Å²) >= 11 is 1.56. The van der Waals surface area contributed by atoms with Crippen LogP contribution in [0.5, 0.6) is 28.7 Å². The molecular weight excluding hydrogens is 735 g/mol. The molecule has 4 aromatic rings. The number of aromatic nitrogens is 1. The maximum atomic E-state index is 14.9. The predicted molar refractivity (Wildman–Crippen MR) is 206 cm³/mol. The van der Waals surface area contributed by atoms with Gasteiger partial charge in [0.1, 0.15) is 18.4 Å². The van der Waals surface area contributed by atoms with E-state index in [9.17, 15) is 20.0 Å². The van der Waals surface area contributed by atoms with Crippen LogP contribution in [0.2, 0.25) is 0 Å². The molecule has 8 heterocycles. The number of aromatic hydroxyl groups is 1. The number of esters is 2. The summed E-state index contributed by atoms with van der Waals surface area (Å²) in [5.41, 5.74) is 7.26.